The van der Waals surface area contributed by atoms with Crippen LogP contribution in [0.25, 0.3) is 0 Å². The maximum Gasteiger partial charge on any atom is 1.00 e. The van der Waals surface area contributed by atoms with Crippen LogP contribution < -0.4 is 71.9 Å². The number of unbranched alkanes of at least 4 members (excludes halogenated alkanes) is 1. The van der Waals surface area contributed by atoms with Crippen molar-refractivity contribution in [3.8, 4) is 0 Å². The molecule has 1 N–H and O–H groups in total. The fourth-order valence-corrected chi connectivity index (χ4v) is 2.34. The normalized spacial score (nSPS) is 13.8. The van der Waals surface area contributed by atoms with Gasteiger partial charge in [-0.05, 0) is 33.4 Å². The Kier molecular flexibility index (Phi) is 22.6. The summed E-state index contributed by atoms with van der Waals surface area (Å²) in [7, 11) is 0. The van der Waals surface area contributed by atoms with Crippen LogP contribution in [-0.2, 0) is 14.4 Å². The molecule has 3 atom stereocenters. The number of carboxylic acids is 3. The zero-order valence-corrected chi connectivity index (χ0v) is 18.6. The molecule has 0 bridgehead atoms. The molecule has 0 aromatic carbocycles. The summed E-state index contributed by atoms with van der Waals surface area (Å²) in [5, 5.41) is 43.4. The van der Waals surface area contributed by atoms with Gasteiger partial charge in [-0.25, -0.2) is 0 Å². The Bertz CT molecular complexity index is 515. The Labute approximate surface area is 208 Å². The Hall–Kier alpha value is -0.498. The fourth-order valence-electron chi connectivity index (χ4n) is 2.34. The average molecular weight is 392 g/mol. The number of carbonyl (C=O) groups excluding carboxylic acids is 2. The van der Waals surface area contributed by atoms with E-state index in [9.17, 15) is 29.7 Å². The standard InChI is InChI=1S/C17H30N2O7.3Li/c1-5-6-7-14(20)10-18(11(2)15(21)22)8-9-19(12(3)16(23)24)13(4)17(25)26;;;/h10-13,20H,5-9H2,1-4H3,(H,21,22)(H,23,24)(H,25,26);;;/q;3*+1/p-3/b14-10-;;;. The van der Waals surface area contributed by atoms with Gasteiger partial charge in [0, 0.05) is 19.1 Å². The molecule has 150 valence electrons. The smallest absolute Gasteiger partial charge is 0.874 e. The van der Waals surface area contributed by atoms with Crippen molar-refractivity contribution in [2.75, 3.05) is 13.1 Å². The quantitative estimate of drug-likeness (QED) is 0.238. The third-order valence-electron chi connectivity index (χ3n) is 4.23. The first-order valence-corrected chi connectivity index (χ1v) is 8.56. The molecule has 0 saturated heterocycles. The van der Waals surface area contributed by atoms with E-state index in [2.05, 4.69) is 0 Å². The van der Waals surface area contributed by atoms with Gasteiger partial charge in [-0.15, -0.1) is 5.76 Å². The minimum Gasteiger partial charge on any atom is -0.874 e. The summed E-state index contributed by atoms with van der Waals surface area (Å²) in [5.41, 5.74) is 0. The molecule has 0 spiro atoms. The predicted octanol–water partition coefficient (Wildman–Crippen LogP) is -11.3. The molecule has 0 fully saturated rings. The second-order valence-electron chi connectivity index (χ2n) is 6.18. The molecule has 0 aliphatic heterocycles. The number of nitrogens with zero attached hydrogens (tertiary/aromatic N) is 2. The first-order valence-electron chi connectivity index (χ1n) is 8.56. The minimum atomic E-state index is -1.44. The zero-order valence-electron chi connectivity index (χ0n) is 18.6. The molecule has 0 heterocycles. The van der Waals surface area contributed by atoms with Crippen LogP contribution in [0.3, 0.4) is 0 Å². The van der Waals surface area contributed by atoms with Crippen LogP contribution in [0.5, 0.6) is 0 Å². The predicted molar refractivity (Wildman–Crippen MR) is 87.1 cm³/mol. The number of hydrogen-bond acceptors (Lipinski definition) is 8. The van der Waals surface area contributed by atoms with Crippen molar-refractivity contribution in [3.63, 3.8) is 0 Å². The summed E-state index contributed by atoms with van der Waals surface area (Å²) in [5.74, 6) is -4.32. The molecule has 0 aliphatic carbocycles. The number of rotatable bonds is 13. The molecule has 29 heavy (non-hydrogen) atoms. The van der Waals surface area contributed by atoms with Crippen molar-refractivity contribution in [3.05, 3.63) is 12.0 Å². The zero-order chi connectivity index (χ0) is 20.4. The molecule has 0 rings (SSSR count). The van der Waals surface area contributed by atoms with Crippen molar-refractivity contribution < 1.29 is 91.4 Å². The summed E-state index contributed by atoms with van der Waals surface area (Å²) in [6.07, 6.45) is 2.90. The first-order chi connectivity index (χ1) is 12.0. The second-order valence-corrected chi connectivity index (χ2v) is 6.18. The molecule has 0 radical (unpaired) electrons. The van der Waals surface area contributed by atoms with Crippen LogP contribution >= 0.6 is 0 Å². The molecular formula is C17H27Li3N2O7. The van der Waals surface area contributed by atoms with E-state index in [0.717, 1.165) is 11.3 Å². The second kappa shape index (κ2) is 18.3. The summed E-state index contributed by atoms with van der Waals surface area (Å²) < 4.78 is 0. The van der Waals surface area contributed by atoms with E-state index in [1.807, 2.05) is 6.92 Å². The maximum absolute atomic E-state index is 11.9. The van der Waals surface area contributed by atoms with Crippen molar-refractivity contribution in [2.45, 2.75) is 65.1 Å². The summed E-state index contributed by atoms with van der Waals surface area (Å²) in [4.78, 5) is 35.9. The number of carbonyl (C=O) groups is 3. The minimum absolute atomic E-state index is 0. The SMILES string of the molecule is CCCC/C([O-])=C/N(CCN(C(C)C(=O)[O-])C(C)C(=O)O)C(C)C(=O)[O-].[Li+].[Li+].[Li+]. The molecule has 0 saturated carbocycles. The number of aliphatic carboxylic acids is 3. The third-order valence-corrected chi connectivity index (χ3v) is 4.23. The van der Waals surface area contributed by atoms with E-state index in [1.165, 1.54) is 31.9 Å². The Morgan fingerprint density at radius 1 is 0.897 bits per heavy atom. The van der Waals surface area contributed by atoms with E-state index in [0.29, 0.717) is 6.42 Å². The summed E-state index contributed by atoms with van der Waals surface area (Å²) in [6.45, 7) is 5.73. The van der Waals surface area contributed by atoms with Crippen molar-refractivity contribution in [1.29, 1.82) is 0 Å². The van der Waals surface area contributed by atoms with Crippen molar-refractivity contribution in [1.82, 2.24) is 9.80 Å². The first kappa shape index (κ1) is 35.9. The van der Waals surface area contributed by atoms with Crippen LogP contribution in [0.1, 0.15) is 47.0 Å². The van der Waals surface area contributed by atoms with Crippen LogP contribution in [0.15, 0.2) is 12.0 Å². The summed E-state index contributed by atoms with van der Waals surface area (Å²) in [6, 6.07) is -3.45. The maximum atomic E-state index is 11.9. The van der Waals surface area contributed by atoms with E-state index < -0.39 is 36.0 Å². The van der Waals surface area contributed by atoms with Gasteiger partial charge in [0.15, 0.2) is 0 Å². The van der Waals surface area contributed by atoms with Gasteiger partial charge >= 0.3 is 62.6 Å². The van der Waals surface area contributed by atoms with Gasteiger partial charge in [0.05, 0.1) is 18.0 Å². The monoisotopic (exact) mass is 392 g/mol. The van der Waals surface area contributed by atoms with Crippen LogP contribution in [-0.4, -0.2) is 64.0 Å². The van der Waals surface area contributed by atoms with Crippen LogP contribution in [0, 0.1) is 0 Å². The Morgan fingerprint density at radius 3 is 1.76 bits per heavy atom. The topological polar surface area (TPSA) is 147 Å². The van der Waals surface area contributed by atoms with Crippen LogP contribution in [0.4, 0.5) is 0 Å². The molecule has 0 amide bonds. The third kappa shape index (κ3) is 13.4. The van der Waals surface area contributed by atoms with E-state index >= 15 is 0 Å². The molecule has 3 unspecified atom stereocenters. The molecule has 0 aliphatic rings. The largest absolute Gasteiger partial charge is 1.00 e. The van der Waals surface area contributed by atoms with Gasteiger partial charge in [0.25, 0.3) is 0 Å². The van der Waals surface area contributed by atoms with Gasteiger partial charge in [-0.1, -0.05) is 19.8 Å². The molecule has 0 aromatic rings. The van der Waals surface area contributed by atoms with E-state index in [-0.39, 0.29) is 81.9 Å². The molecule has 9 nitrogen and oxygen atoms in total. The van der Waals surface area contributed by atoms with E-state index in [1.54, 1.807) is 0 Å². The van der Waals surface area contributed by atoms with Crippen LogP contribution in [0.2, 0.25) is 0 Å². The average Bonchev–Trinajstić information content (AvgIpc) is 2.57. The van der Waals surface area contributed by atoms with Gasteiger partial charge in [0.1, 0.15) is 6.04 Å². The Balaban J connectivity index is -0.00000104. The van der Waals surface area contributed by atoms with E-state index in [4.69, 9.17) is 5.11 Å². The van der Waals surface area contributed by atoms with Crippen molar-refractivity contribution in [2.24, 2.45) is 0 Å². The molecule has 12 heteroatoms. The van der Waals surface area contributed by atoms with Gasteiger partial charge in [-0.3, -0.25) is 9.69 Å². The van der Waals surface area contributed by atoms with Gasteiger partial charge in [0.2, 0.25) is 0 Å². The van der Waals surface area contributed by atoms with Gasteiger partial charge in [-0.2, -0.15) is 0 Å². The number of hydrogen-bond donors (Lipinski definition) is 1. The molecule has 0 aromatic heterocycles. The summed E-state index contributed by atoms with van der Waals surface area (Å²) >= 11 is 0. The van der Waals surface area contributed by atoms with Gasteiger partial charge < -0.3 is 34.9 Å². The molecular weight excluding hydrogens is 365 g/mol. The Morgan fingerprint density at radius 2 is 1.38 bits per heavy atom. The number of allylic oxidation sites excluding steroid dienone is 1. The fraction of sp³-hybridized carbons (Fsp3) is 0.706. The number of carboxylic acid groups (broad SMARTS) is 3. The van der Waals surface area contributed by atoms with Crippen molar-refractivity contribution >= 4 is 17.9 Å².